The van der Waals surface area contributed by atoms with E-state index < -0.39 is 0 Å². The zero-order valence-corrected chi connectivity index (χ0v) is 14.4. The molecule has 2 aromatic rings. The monoisotopic (exact) mass is 452 g/mol. The van der Waals surface area contributed by atoms with Crippen molar-refractivity contribution in [1.82, 2.24) is 0 Å². The van der Waals surface area contributed by atoms with Gasteiger partial charge < -0.3 is 11.1 Å². The van der Waals surface area contributed by atoms with Crippen LogP contribution in [-0.2, 0) is 0 Å². The van der Waals surface area contributed by atoms with Crippen LogP contribution in [0.3, 0.4) is 0 Å². The lowest BCUT2D eigenvalue weighted by atomic mass is 10.2. The summed E-state index contributed by atoms with van der Waals surface area (Å²) in [5.41, 5.74) is 7.52. The smallest absolute Gasteiger partial charge is 0.257 e. The first-order valence-electron chi connectivity index (χ1n) is 4.78. The van der Waals surface area contributed by atoms with Crippen LogP contribution < -0.4 is 11.1 Å². The van der Waals surface area contributed by atoms with Gasteiger partial charge in [-0.05, 0) is 72.1 Å². The predicted octanol–water partition coefficient (Wildman–Crippen LogP) is 4.87. The number of rotatable bonds is 2. The molecule has 3 nitrogen and oxygen atoms in total. The van der Waals surface area contributed by atoms with Crippen LogP contribution in [-0.4, -0.2) is 5.91 Å². The highest BCUT2D eigenvalue weighted by Crippen LogP contribution is 2.33. The predicted molar refractivity (Wildman–Crippen MR) is 86.2 cm³/mol. The van der Waals surface area contributed by atoms with Crippen LogP contribution in [0.25, 0.3) is 0 Å². The summed E-state index contributed by atoms with van der Waals surface area (Å²) in [7, 11) is 0. The van der Waals surface area contributed by atoms with Crippen molar-refractivity contribution in [3.63, 3.8) is 0 Å². The highest BCUT2D eigenvalue weighted by Gasteiger charge is 2.14. The molecule has 1 aromatic carbocycles. The number of halogens is 3. The molecule has 0 aliphatic rings. The molecular formula is C11H7Br3N2OS. The maximum atomic E-state index is 12.1. The van der Waals surface area contributed by atoms with Crippen LogP contribution in [0.5, 0.6) is 0 Å². The second-order valence-corrected chi connectivity index (χ2v) is 8.03. The van der Waals surface area contributed by atoms with E-state index in [0.717, 1.165) is 12.0 Å². The third-order valence-electron chi connectivity index (χ3n) is 2.14. The van der Waals surface area contributed by atoms with Gasteiger partial charge in [0.25, 0.3) is 5.91 Å². The molecule has 0 radical (unpaired) electrons. The van der Waals surface area contributed by atoms with E-state index in [1.807, 2.05) is 0 Å². The Morgan fingerprint density at radius 1 is 1.22 bits per heavy atom. The maximum Gasteiger partial charge on any atom is 0.257 e. The lowest BCUT2D eigenvalue weighted by Crippen LogP contribution is -2.12. The fraction of sp³-hybridized carbons (Fsp3) is 0. The van der Waals surface area contributed by atoms with Crippen molar-refractivity contribution in [2.24, 2.45) is 0 Å². The topological polar surface area (TPSA) is 55.1 Å². The Hall–Kier alpha value is -0.370. The number of thiophene rings is 1. The highest BCUT2D eigenvalue weighted by molar-refractivity contribution is 9.12. The van der Waals surface area contributed by atoms with Gasteiger partial charge in [-0.1, -0.05) is 0 Å². The zero-order valence-electron chi connectivity index (χ0n) is 8.84. The molecule has 0 spiro atoms. The average molecular weight is 455 g/mol. The molecule has 18 heavy (non-hydrogen) atoms. The standard InChI is InChI=1S/C11H7Br3N2OS/c12-7-2-1-5(15)3-8(7)16-11(17)6-4-9(13)18-10(6)14/h1-4H,15H2,(H,16,17). The summed E-state index contributed by atoms with van der Waals surface area (Å²) in [6, 6.07) is 7.03. The van der Waals surface area contributed by atoms with Gasteiger partial charge in [-0.3, -0.25) is 4.79 Å². The van der Waals surface area contributed by atoms with Crippen LogP contribution in [0.15, 0.2) is 36.3 Å². The molecule has 3 N–H and O–H groups in total. The molecule has 0 saturated carbocycles. The van der Waals surface area contributed by atoms with Crippen molar-refractivity contribution in [3.8, 4) is 0 Å². The van der Waals surface area contributed by atoms with E-state index in [-0.39, 0.29) is 5.91 Å². The fourth-order valence-electron chi connectivity index (χ4n) is 1.32. The van der Waals surface area contributed by atoms with Gasteiger partial charge >= 0.3 is 0 Å². The normalized spacial score (nSPS) is 10.4. The van der Waals surface area contributed by atoms with Crippen LogP contribution in [0, 0.1) is 0 Å². The molecule has 1 aromatic heterocycles. The lowest BCUT2D eigenvalue weighted by molar-refractivity contribution is 0.102. The quantitative estimate of drug-likeness (QED) is 0.636. The van der Waals surface area contributed by atoms with E-state index in [1.54, 1.807) is 24.3 Å². The van der Waals surface area contributed by atoms with Gasteiger partial charge in [0.1, 0.15) is 0 Å². The summed E-state index contributed by atoms with van der Waals surface area (Å²) in [4.78, 5) is 12.1. The molecule has 7 heteroatoms. The van der Waals surface area contributed by atoms with E-state index in [9.17, 15) is 4.79 Å². The Morgan fingerprint density at radius 2 is 1.94 bits per heavy atom. The van der Waals surface area contributed by atoms with Crippen molar-refractivity contribution in [3.05, 3.63) is 41.9 Å². The van der Waals surface area contributed by atoms with E-state index in [0.29, 0.717) is 16.9 Å². The molecule has 0 aliphatic heterocycles. The van der Waals surface area contributed by atoms with Gasteiger partial charge in [-0.15, -0.1) is 11.3 Å². The number of nitrogens with two attached hydrogens (primary N) is 1. The Labute approximate surface area is 133 Å². The van der Waals surface area contributed by atoms with Crippen LogP contribution in [0.2, 0.25) is 0 Å². The Kier molecular flexibility index (Phi) is 4.47. The Balaban J connectivity index is 2.26. The highest BCUT2D eigenvalue weighted by atomic mass is 79.9. The lowest BCUT2D eigenvalue weighted by Gasteiger charge is -2.07. The van der Waals surface area contributed by atoms with Crippen LogP contribution in [0.4, 0.5) is 11.4 Å². The largest absolute Gasteiger partial charge is 0.399 e. The summed E-state index contributed by atoms with van der Waals surface area (Å²) in [5.74, 6) is -0.185. The van der Waals surface area contributed by atoms with Gasteiger partial charge in [0.05, 0.1) is 18.8 Å². The molecule has 0 unspecified atom stereocenters. The van der Waals surface area contributed by atoms with Crippen molar-refractivity contribution in [2.45, 2.75) is 0 Å². The van der Waals surface area contributed by atoms with E-state index in [4.69, 9.17) is 5.73 Å². The first-order chi connectivity index (χ1) is 8.47. The number of nitrogen functional groups attached to an aromatic ring is 1. The van der Waals surface area contributed by atoms with Gasteiger partial charge in [0.15, 0.2) is 0 Å². The molecule has 2 rings (SSSR count). The number of hydrogen-bond acceptors (Lipinski definition) is 3. The molecule has 1 amide bonds. The number of carbonyl (C=O) groups excluding carboxylic acids is 1. The second-order valence-electron chi connectivity index (χ2n) is 3.43. The third kappa shape index (κ3) is 3.14. The van der Waals surface area contributed by atoms with Crippen molar-refractivity contribution < 1.29 is 4.79 Å². The molecular weight excluding hydrogens is 448 g/mol. The summed E-state index contributed by atoms with van der Waals surface area (Å²) in [6.07, 6.45) is 0. The fourth-order valence-corrected chi connectivity index (χ4v) is 4.46. The Bertz CT molecular complexity index is 612. The molecule has 0 atom stereocenters. The van der Waals surface area contributed by atoms with Gasteiger partial charge in [-0.25, -0.2) is 0 Å². The van der Waals surface area contributed by atoms with Gasteiger partial charge in [-0.2, -0.15) is 0 Å². The van der Waals surface area contributed by atoms with Crippen LogP contribution >= 0.6 is 59.1 Å². The third-order valence-corrected chi connectivity index (χ3v) is 5.17. The number of anilines is 2. The Morgan fingerprint density at radius 3 is 2.56 bits per heavy atom. The first-order valence-corrected chi connectivity index (χ1v) is 7.98. The summed E-state index contributed by atoms with van der Waals surface area (Å²) in [6.45, 7) is 0. The minimum absolute atomic E-state index is 0.185. The average Bonchev–Trinajstić information content (AvgIpc) is 2.63. The van der Waals surface area contributed by atoms with Gasteiger partial charge in [0.2, 0.25) is 0 Å². The van der Waals surface area contributed by atoms with Crippen molar-refractivity contribution in [2.75, 3.05) is 11.1 Å². The van der Waals surface area contributed by atoms with Crippen LogP contribution in [0.1, 0.15) is 10.4 Å². The minimum atomic E-state index is -0.185. The number of hydrogen-bond donors (Lipinski definition) is 2. The van der Waals surface area contributed by atoms with Crippen molar-refractivity contribution >= 4 is 76.4 Å². The molecule has 94 valence electrons. The number of benzene rings is 1. The number of carbonyl (C=O) groups is 1. The van der Waals surface area contributed by atoms with E-state index >= 15 is 0 Å². The summed E-state index contributed by atoms with van der Waals surface area (Å²) < 4.78 is 2.47. The number of amides is 1. The maximum absolute atomic E-state index is 12.1. The van der Waals surface area contributed by atoms with Gasteiger partial charge in [0, 0.05) is 10.2 Å². The SMILES string of the molecule is Nc1ccc(Br)c(NC(=O)c2cc(Br)sc2Br)c1. The molecule has 0 aliphatic carbocycles. The van der Waals surface area contributed by atoms with Crippen molar-refractivity contribution in [1.29, 1.82) is 0 Å². The van der Waals surface area contributed by atoms with E-state index in [1.165, 1.54) is 11.3 Å². The molecule has 0 saturated heterocycles. The molecule has 0 bridgehead atoms. The first kappa shape index (κ1) is 14.0. The van der Waals surface area contributed by atoms with E-state index in [2.05, 4.69) is 53.1 Å². The second kappa shape index (κ2) is 5.73. The minimum Gasteiger partial charge on any atom is -0.399 e. The zero-order chi connectivity index (χ0) is 13.3. The molecule has 0 fully saturated rings. The number of nitrogens with one attached hydrogen (secondary N) is 1. The summed E-state index contributed by atoms with van der Waals surface area (Å²) in [5, 5.41) is 2.81. The molecule has 1 heterocycles. The summed E-state index contributed by atoms with van der Waals surface area (Å²) >= 11 is 11.5.